The van der Waals surface area contributed by atoms with Crippen LogP contribution in [-0.4, -0.2) is 217 Å². The van der Waals surface area contributed by atoms with Crippen LogP contribution in [0.1, 0.15) is 145 Å². The van der Waals surface area contributed by atoms with E-state index in [4.69, 9.17) is 38.7 Å². The first-order valence-corrected chi connectivity index (χ1v) is 45.3. The van der Waals surface area contributed by atoms with Crippen LogP contribution in [0.25, 0.3) is 87.8 Å². The van der Waals surface area contributed by atoms with Gasteiger partial charge in [-0.25, -0.2) is 37.5 Å². The van der Waals surface area contributed by atoms with Crippen LogP contribution in [0.5, 0.6) is 0 Å². The molecule has 16 aromatic heterocycles. The molecule has 4 amide bonds. The van der Waals surface area contributed by atoms with E-state index in [1.54, 1.807) is 115 Å². The van der Waals surface area contributed by atoms with E-state index in [0.29, 0.717) is 69.2 Å². The summed E-state index contributed by atoms with van der Waals surface area (Å²) in [6.45, 7) is 10.0. The van der Waals surface area contributed by atoms with Crippen LogP contribution in [-0.2, 0) is 28.5 Å². The fraction of sp³-hybridized carbons (Fsp3) is 0.279. The van der Waals surface area contributed by atoms with E-state index in [1.807, 2.05) is 27.7 Å². The molecule has 4 aliphatic rings. The Hall–Kier alpha value is -14.8. The van der Waals surface area contributed by atoms with Gasteiger partial charge in [0.15, 0.2) is 23.3 Å². The molecular weight excluding hydrogens is 1820 g/mol. The summed E-state index contributed by atoms with van der Waals surface area (Å²) in [7, 11) is 0. The first-order chi connectivity index (χ1) is 65.3. The maximum Gasteiger partial charge on any atom is 0.290 e. The number of carbonyl (C=O) groups excluding carboxylic acids is 4. The molecule has 10 N–H and O–H groups in total. The number of nitrogens with zero attached hydrogens (tertiary/aromatic N) is 20. The molecule has 16 heterocycles. The Kier molecular flexibility index (Phi) is 31.1. The predicted molar refractivity (Wildman–Crippen MR) is 484 cm³/mol. The summed E-state index contributed by atoms with van der Waals surface area (Å²) in [6.07, 6.45) is 33.5. The smallest absolute Gasteiger partial charge is 0.290 e. The molecule has 0 aromatic carbocycles. The van der Waals surface area contributed by atoms with Crippen LogP contribution in [0.15, 0.2) is 169 Å². The summed E-state index contributed by atoms with van der Waals surface area (Å²) in [5.41, 5.74) is 7.18. The van der Waals surface area contributed by atoms with Crippen LogP contribution >= 0.6 is 45.3 Å². The third-order valence-corrected chi connectivity index (χ3v) is 24.7. The molecule has 4 saturated carbocycles. The summed E-state index contributed by atoms with van der Waals surface area (Å²) in [6, 6.07) is 11.8. The summed E-state index contributed by atoms with van der Waals surface area (Å²) < 4.78 is 87.5. The van der Waals surface area contributed by atoms with Gasteiger partial charge < -0.3 is 50.4 Å². The van der Waals surface area contributed by atoms with Crippen molar-refractivity contribution in [3.63, 3.8) is 0 Å². The summed E-state index contributed by atoms with van der Waals surface area (Å²) in [5, 5.41) is 79.2. The second kappa shape index (κ2) is 44.4. The number of nitrogens with one attached hydrogen (secondary N) is 8. The highest BCUT2D eigenvalue weighted by Crippen LogP contribution is 2.43. The van der Waals surface area contributed by atoms with E-state index in [-0.39, 0.29) is 130 Å². The Bertz CT molecular complexity index is 5820. The Morgan fingerprint density at radius 3 is 0.761 bits per heavy atom. The molecule has 40 nitrogen and oxygen atoms in total. The highest BCUT2D eigenvalue weighted by Gasteiger charge is 2.38. The van der Waals surface area contributed by atoms with Crippen molar-refractivity contribution in [2.75, 3.05) is 47.7 Å². The molecule has 0 unspecified atom stereocenters. The minimum Gasteiger partial charge on any atom is -0.483 e. The first kappa shape index (κ1) is 93.8. The van der Waals surface area contributed by atoms with Gasteiger partial charge in [-0.05, 0) is 128 Å². The average Bonchev–Trinajstić information content (AvgIpc) is 1.65. The number of anilines is 4. The number of aromatic nitrogens is 24. The molecule has 4 aliphatic carbocycles. The summed E-state index contributed by atoms with van der Waals surface area (Å²) >= 11 is 5.35. The number of halogens is 4. The lowest BCUT2D eigenvalue weighted by Gasteiger charge is -2.34. The van der Waals surface area contributed by atoms with Gasteiger partial charge in [-0.15, -0.1) is 45.3 Å². The molecule has 692 valence electrons. The zero-order valence-corrected chi connectivity index (χ0v) is 74.8. The molecule has 0 spiro atoms. The highest BCUT2D eigenvalue weighted by atomic mass is 32.1. The SMILES string of the molecule is CCOC1CC(n2cc(NC(=O)c3csc(-c4cn[nH]c4)n3)c(-c3ncccc3F)n2)C1.CCOC1CC(n2cc(NC(=O)c3csc(-c4cn[nH]c4)n3)c(-c3ncccc3F)n2)C1.CCOC1CC(n2cc(NC(=O)c3csc(-c4cn[nH]c4)n3)c(-c3ncccc3F)n2)C1.CCOC1CC(n2cc(NC(=O)c3csc(-c4cn[nH]c4)n3)c(-c3ncccc3F)n2)C1.O=CO.O=CO. The van der Waals surface area contributed by atoms with Crippen molar-refractivity contribution in [2.24, 2.45) is 0 Å². The van der Waals surface area contributed by atoms with Gasteiger partial charge in [0.2, 0.25) is 0 Å². The van der Waals surface area contributed by atoms with Crippen LogP contribution < -0.4 is 21.3 Å². The summed E-state index contributed by atoms with van der Waals surface area (Å²) in [4.78, 5) is 102. The Balaban J connectivity index is 0.000000133. The number of rotatable bonds is 28. The monoisotopic (exact) mass is 1900 g/mol. The number of hydrogen-bond acceptors (Lipinski definition) is 30. The zero-order valence-electron chi connectivity index (χ0n) is 71.5. The van der Waals surface area contributed by atoms with Gasteiger partial charge >= 0.3 is 0 Å². The third kappa shape index (κ3) is 22.5. The molecule has 0 aliphatic heterocycles. The first-order valence-electron chi connectivity index (χ1n) is 41.8. The lowest BCUT2D eigenvalue weighted by Crippen LogP contribution is -2.33. The highest BCUT2D eigenvalue weighted by molar-refractivity contribution is 7.14. The Morgan fingerprint density at radius 1 is 0.373 bits per heavy atom. The second-order valence-electron chi connectivity index (χ2n) is 29.8. The van der Waals surface area contributed by atoms with Crippen molar-refractivity contribution >= 4 is 105 Å². The van der Waals surface area contributed by atoms with Gasteiger partial charge in [0.05, 0.1) is 96.1 Å². The van der Waals surface area contributed by atoms with Crippen LogP contribution in [0.3, 0.4) is 0 Å². The van der Waals surface area contributed by atoms with Gasteiger partial charge in [0, 0.05) is 145 Å². The maximum atomic E-state index is 14.5. The van der Waals surface area contributed by atoms with Gasteiger partial charge in [0.1, 0.15) is 88.4 Å². The minimum absolute atomic E-state index is 0.0830. The number of aromatic amines is 4. The number of carbonyl (C=O) groups is 6. The summed E-state index contributed by atoms with van der Waals surface area (Å²) in [5.74, 6) is -3.67. The normalized spacial score (nSPS) is 17.2. The van der Waals surface area contributed by atoms with Crippen molar-refractivity contribution in [3.8, 4) is 87.8 Å². The van der Waals surface area contributed by atoms with Gasteiger partial charge in [-0.3, -0.25) is 87.8 Å². The van der Waals surface area contributed by atoms with Crippen molar-refractivity contribution in [1.82, 2.24) is 120 Å². The van der Waals surface area contributed by atoms with Crippen LogP contribution in [0.2, 0.25) is 0 Å². The molecule has 4 fully saturated rings. The largest absolute Gasteiger partial charge is 0.483 e. The van der Waals surface area contributed by atoms with Crippen molar-refractivity contribution < 1.29 is 75.5 Å². The number of H-pyrrole nitrogens is 4. The Labute approximate surface area is 773 Å². The number of amides is 4. The van der Waals surface area contributed by atoms with Crippen molar-refractivity contribution in [3.05, 3.63) is 215 Å². The number of thiazole rings is 4. The van der Waals surface area contributed by atoms with E-state index in [9.17, 15) is 36.7 Å². The van der Waals surface area contributed by atoms with Crippen LogP contribution in [0.4, 0.5) is 40.3 Å². The lowest BCUT2D eigenvalue weighted by molar-refractivity contribution is -0.123. The average molecular weight is 1910 g/mol. The standard InChI is InChI=1S/4C21H20FN7O2S.2CH2O2/c4*1-2-31-14-6-13(7-14)29-10-16(19(28-29)18-15(22)4-3-5-23-18)26-20(30)17-11-32-21(27-17)12-8-24-25-9-12;2*2-1-3/h4*3-5,8-11,13-14H,2,6-7H2,1H3,(H,24,25)(H,26,30);2*1H,(H,2,3). The molecule has 0 bridgehead atoms. The number of hydrogen-bond donors (Lipinski definition) is 10. The van der Waals surface area contributed by atoms with E-state index in [1.165, 1.54) is 119 Å². The number of pyridine rings is 4. The van der Waals surface area contributed by atoms with Gasteiger partial charge in [0.25, 0.3) is 36.6 Å². The van der Waals surface area contributed by atoms with E-state index in [2.05, 4.69) is 122 Å². The molecular formula is C86H84F4N28O12S4. The molecule has 48 heteroatoms. The number of carboxylic acid groups (broad SMARTS) is 2. The van der Waals surface area contributed by atoms with Crippen molar-refractivity contribution in [2.45, 2.75) is 128 Å². The maximum absolute atomic E-state index is 14.5. The molecule has 0 radical (unpaired) electrons. The van der Waals surface area contributed by atoms with Crippen molar-refractivity contribution in [1.29, 1.82) is 0 Å². The molecule has 0 atom stereocenters. The minimum atomic E-state index is -0.509. The zero-order chi connectivity index (χ0) is 93.7. The quantitative estimate of drug-likeness (QED) is 0.0161. The third-order valence-electron chi connectivity index (χ3n) is 21.2. The fourth-order valence-electron chi connectivity index (χ4n) is 14.4. The van der Waals surface area contributed by atoms with E-state index >= 15 is 0 Å². The topological polar surface area (TPSA) is 517 Å². The molecule has 134 heavy (non-hydrogen) atoms. The number of ether oxygens (including phenoxy) is 4. The van der Waals surface area contributed by atoms with Crippen LogP contribution in [0, 0.1) is 23.3 Å². The predicted octanol–water partition coefficient (Wildman–Crippen LogP) is 15.1. The van der Waals surface area contributed by atoms with E-state index < -0.39 is 46.9 Å². The fourth-order valence-corrected chi connectivity index (χ4v) is 17.5. The lowest BCUT2D eigenvalue weighted by atomic mass is 9.89. The van der Waals surface area contributed by atoms with Gasteiger partial charge in [-0.2, -0.15) is 40.8 Å². The molecule has 16 aromatic rings. The molecule has 20 rings (SSSR count). The Morgan fingerprint density at radius 2 is 0.582 bits per heavy atom. The van der Waals surface area contributed by atoms with Gasteiger partial charge in [-0.1, -0.05) is 0 Å². The molecule has 0 saturated heterocycles. The second-order valence-corrected chi connectivity index (χ2v) is 33.2. The van der Waals surface area contributed by atoms with E-state index in [0.717, 1.165) is 73.6 Å².